The Morgan fingerprint density at radius 1 is 1.13 bits per heavy atom. The van der Waals surface area contributed by atoms with Gasteiger partial charge < -0.3 is 9.90 Å². The van der Waals surface area contributed by atoms with E-state index >= 15 is 0 Å². The number of fused-ring (bicyclic) bond motifs is 3. The van der Waals surface area contributed by atoms with Gasteiger partial charge in [0, 0.05) is 0 Å². The summed E-state index contributed by atoms with van der Waals surface area (Å²) in [5, 5.41) is 10.8. The highest BCUT2D eigenvalue weighted by Gasteiger charge is 2.10. The first-order chi connectivity index (χ1) is 11.1. The molecule has 0 aliphatic carbocycles. The van der Waals surface area contributed by atoms with Crippen LogP contribution in [0.25, 0.3) is 22.1 Å². The van der Waals surface area contributed by atoms with Crippen LogP contribution in [0.3, 0.4) is 0 Å². The van der Waals surface area contributed by atoms with Crippen molar-refractivity contribution in [3.05, 3.63) is 74.5 Å². The Balaban J connectivity index is 1.90. The van der Waals surface area contributed by atoms with Crippen LogP contribution >= 0.6 is 11.3 Å². The van der Waals surface area contributed by atoms with Crippen molar-refractivity contribution in [2.45, 2.75) is 0 Å². The average molecular weight is 321 g/mol. The van der Waals surface area contributed by atoms with Gasteiger partial charge in [-0.25, -0.2) is 9.38 Å². The Morgan fingerprint density at radius 3 is 2.61 bits per heavy atom. The monoisotopic (exact) mass is 321 g/mol. The molecule has 2 aromatic carbocycles. The number of thiazole rings is 1. The van der Waals surface area contributed by atoms with Gasteiger partial charge in [0.05, 0.1) is 21.5 Å². The van der Waals surface area contributed by atoms with Crippen molar-refractivity contribution in [1.29, 1.82) is 0 Å². The summed E-state index contributed by atoms with van der Waals surface area (Å²) < 4.78 is 2.15. The van der Waals surface area contributed by atoms with Crippen molar-refractivity contribution < 1.29 is 9.90 Å². The van der Waals surface area contributed by atoms with E-state index in [0.717, 1.165) is 16.6 Å². The molecule has 5 nitrogen and oxygen atoms in total. The Bertz CT molecular complexity index is 1160. The number of carboxylic acid groups (broad SMARTS) is 1. The predicted octanol–water partition coefficient (Wildman–Crippen LogP) is 0.820. The van der Waals surface area contributed by atoms with Gasteiger partial charge in [-0.2, -0.15) is 0 Å². The number of aromatic nitrogens is 2. The van der Waals surface area contributed by atoms with Crippen LogP contribution in [0.1, 0.15) is 15.9 Å². The molecule has 4 rings (SSSR count). The SMILES string of the molecule is O=C([O-])c1ccc(/C=c2/sc3nc4ccccc4n3c2=O)cc1. The second-order valence-corrected chi connectivity index (χ2v) is 6.05. The maximum atomic E-state index is 12.6. The molecule has 0 aliphatic rings. The van der Waals surface area contributed by atoms with Gasteiger partial charge in [0.25, 0.3) is 5.56 Å². The van der Waals surface area contributed by atoms with Crippen LogP contribution in [0, 0.1) is 0 Å². The molecule has 0 N–H and O–H groups in total. The molecule has 0 saturated carbocycles. The molecule has 23 heavy (non-hydrogen) atoms. The highest BCUT2D eigenvalue weighted by Crippen LogP contribution is 2.15. The summed E-state index contributed by atoms with van der Waals surface area (Å²) >= 11 is 1.31. The zero-order valence-corrected chi connectivity index (χ0v) is 12.5. The van der Waals surface area contributed by atoms with E-state index in [1.165, 1.54) is 23.5 Å². The molecule has 0 amide bonds. The van der Waals surface area contributed by atoms with E-state index in [4.69, 9.17) is 0 Å². The molecule has 0 atom stereocenters. The Hall–Kier alpha value is -2.99. The second kappa shape index (κ2) is 5.03. The van der Waals surface area contributed by atoms with Gasteiger partial charge >= 0.3 is 0 Å². The van der Waals surface area contributed by atoms with Crippen LogP contribution in [0.5, 0.6) is 0 Å². The number of nitrogens with zero attached hydrogens (tertiary/aromatic N) is 2. The fourth-order valence-electron chi connectivity index (χ4n) is 2.48. The van der Waals surface area contributed by atoms with Gasteiger partial charge in [0.15, 0.2) is 4.96 Å². The summed E-state index contributed by atoms with van der Waals surface area (Å²) in [6.45, 7) is 0. The van der Waals surface area contributed by atoms with Crippen LogP contribution in [-0.2, 0) is 0 Å². The minimum Gasteiger partial charge on any atom is -0.545 e. The van der Waals surface area contributed by atoms with E-state index in [9.17, 15) is 14.7 Å². The molecule has 4 aromatic rings. The van der Waals surface area contributed by atoms with Gasteiger partial charge in [-0.1, -0.05) is 47.7 Å². The predicted molar refractivity (Wildman–Crippen MR) is 86.4 cm³/mol. The standard InChI is InChI=1S/C17H10N2O3S/c20-15-14(9-10-5-7-11(8-6-10)16(21)22)23-17-18-12-3-1-2-4-13(12)19(15)17/h1-9H,(H,21,22)/p-1/b14-9+. The molecule has 2 heterocycles. The molecule has 2 aromatic heterocycles. The number of benzene rings is 2. The van der Waals surface area contributed by atoms with Gasteiger partial charge in [-0.15, -0.1) is 0 Å². The number of carbonyl (C=O) groups is 1. The van der Waals surface area contributed by atoms with Crippen molar-refractivity contribution in [2.75, 3.05) is 0 Å². The summed E-state index contributed by atoms with van der Waals surface area (Å²) in [5.41, 5.74) is 2.32. The summed E-state index contributed by atoms with van der Waals surface area (Å²) in [7, 11) is 0. The quantitative estimate of drug-likeness (QED) is 0.548. The summed E-state index contributed by atoms with van der Waals surface area (Å²) in [5.74, 6) is -1.22. The zero-order valence-electron chi connectivity index (χ0n) is 11.7. The van der Waals surface area contributed by atoms with Crippen molar-refractivity contribution in [2.24, 2.45) is 0 Å². The van der Waals surface area contributed by atoms with E-state index in [0.29, 0.717) is 9.49 Å². The lowest BCUT2D eigenvalue weighted by atomic mass is 10.1. The molecule has 0 radical (unpaired) electrons. The Morgan fingerprint density at radius 2 is 1.87 bits per heavy atom. The van der Waals surface area contributed by atoms with Gasteiger partial charge in [-0.3, -0.25) is 4.79 Å². The van der Waals surface area contributed by atoms with E-state index in [2.05, 4.69) is 4.98 Å². The van der Waals surface area contributed by atoms with Crippen molar-refractivity contribution >= 4 is 39.4 Å². The van der Waals surface area contributed by atoms with E-state index in [1.54, 1.807) is 22.6 Å². The number of aromatic carboxylic acids is 1. The largest absolute Gasteiger partial charge is 0.545 e. The van der Waals surface area contributed by atoms with Gasteiger partial charge in [0.1, 0.15) is 0 Å². The van der Waals surface area contributed by atoms with E-state index in [-0.39, 0.29) is 11.1 Å². The lowest BCUT2D eigenvalue weighted by Gasteiger charge is -2.01. The smallest absolute Gasteiger partial charge is 0.274 e. The first-order valence-corrected chi connectivity index (χ1v) is 7.68. The van der Waals surface area contributed by atoms with Crippen molar-refractivity contribution in [1.82, 2.24) is 9.38 Å². The molecular weight excluding hydrogens is 312 g/mol. The lowest BCUT2D eigenvalue weighted by Crippen LogP contribution is -2.23. The number of carbonyl (C=O) groups excluding carboxylic acids is 1. The highest BCUT2D eigenvalue weighted by atomic mass is 32.1. The fraction of sp³-hybridized carbons (Fsp3) is 0. The van der Waals surface area contributed by atoms with Crippen LogP contribution in [0.4, 0.5) is 0 Å². The number of carboxylic acids is 1. The Labute approximate surface area is 133 Å². The molecule has 0 bridgehead atoms. The topological polar surface area (TPSA) is 74.5 Å². The highest BCUT2D eigenvalue weighted by molar-refractivity contribution is 7.15. The first kappa shape index (κ1) is 13.7. The summed E-state index contributed by atoms with van der Waals surface area (Å²) in [4.78, 5) is 28.4. The Kier molecular flexibility index (Phi) is 2.99. The minimum absolute atomic E-state index is 0.108. The molecular formula is C17H9N2O3S-. The zero-order chi connectivity index (χ0) is 16.0. The number of rotatable bonds is 2. The molecule has 0 unspecified atom stereocenters. The summed E-state index contributed by atoms with van der Waals surface area (Å²) in [6.07, 6.45) is 1.73. The fourth-order valence-corrected chi connectivity index (χ4v) is 3.47. The maximum absolute atomic E-state index is 12.6. The third-order valence-corrected chi connectivity index (χ3v) is 4.56. The number of imidazole rings is 1. The van der Waals surface area contributed by atoms with Crippen LogP contribution in [0.15, 0.2) is 53.3 Å². The second-order valence-electron chi connectivity index (χ2n) is 5.04. The molecule has 6 heteroatoms. The third kappa shape index (κ3) is 2.20. The van der Waals surface area contributed by atoms with Crippen molar-refractivity contribution in [3.8, 4) is 0 Å². The van der Waals surface area contributed by atoms with Gasteiger partial charge in [-0.05, 0) is 29.3 Å². The average Bonchev–Trinajstić information content (AvgIpc) is 3.05. The number of para-hydroxylation sites is 2. The molecule has 0 saturated heterocycles. The molecule has 0 spiro atoms. The molecule has 112 valence electrons. The number of hydrogen-bond donors (Lipinski definition) is 0. The normalized spacial score (nSPS) is 12.3. The van der Waals surface area contributed by atoms with Gasteiger partial charge in [0.2, 0.25) is 0 Å². The molecule has 0 aliphatic heterocycles. The van der Waals surface area contributed by atoms with Crippen molar-refractivity contribution in [3.63, 3.8) is 0 Å². The lowest BCUT2D eigenvalue weighted by molar-refractivity contribution is -0.255. The van der Waals surface area contributed by atoms with Crippen LogP contribution in [-0.4, -0.2) is 15.4 Å². The summed E-state index contributed by atoms with van der Waals surface area (Å²) in [6, 6.07) is 13.7. The van der Waals surface area contributed by atoms with Crippen LogP contribution in [0.2, 0.25) is 0 Å². The maximum Gasteiger partial charge on any atom is 0.274 e. The third-order valence-electron chi connectivity index (χ3n) is 3.59. The number of hydrogen-bond acceptors (Lipinski definition) is 5. The minimum atomic E-state index is -1.22. The van der Waals surface area contributed by atoms with E-state index in [1.807, 2.05) is 24.3 Å². The van der Waals surface area contributed by atoms with Crippen LogP contribution < -0.4 is 15.2 Å². The van der Waals surface area contributed by atoms with E-state index < -0.39 is 5.97 Å². The first-order valence-electron chi connectivity index (χ1n) is 6.86. The molecule has 0 fully saturated rings.